The van der Waals surface area contributed by atoms with Gasteiger partial charge in [-0.25, -0.2) is 0 Å². The van der Waals surface area contributed by atoms with Crippen molar-refractivity contribution in [2.75, 3.05) is 7.11 Å². The summed E-state index contributed by atoms with van der Waals surface area (Å²) in [6, 6.07) is 10.0. The second-order valence-corrected chi connectivity index (χ2v) is 4.76. The predicted molar refractivity (Wildman–Crippen MR) is 76.7 cm³/mol. The van der Waals surface area contributed by atoms with Crippen molar-refractivity contribution in [3.63, 3.8) is 0 Å². The molecule has 21 heavy (non-hydrogen) atoms. The summed E-state index contributed by atoms with van der Waals surface area (Å²) in [7, 11) is 1.41. The number of nitrogens with zero attached hydrogens (tertiary/aromatic N) is 1. The largest absolute Gasteiger partial charge is 0.368 e. The quantitative estimate of drug-likeness (QED) is 0.777. The average molecular weight is 289 g/mol. The summed E-state index contributed by atoms with van der Waals surface area (Å²) in [5.41, 5.74) is 5.94. The molecule has 6 nitrogen and oxygen atoms in total. The lowest BCUT2D eigenvalue weighted by Gasteiger charge is -2.21. The Balaban J connectivity index is 2.80. The van der Waals surface area contributed by atoms with Gasteiger partial charge in [0.05, 0.1) is 6.07 Å². The van der Waals surface area contributed by atoms with Gasteiger partial charge < -0.3 is 15.8 Å². The van der Waals surface area contributed by atoms with Crippen LogP contribution in [0.3, 0.4) is 0 Å². The van der Waals surface area contributed by atoms with Crippen molar-refractivity contribution in [2.45, 2.75) is 25.5 Å². The number of nitrogens with one attached hydrogen (secondary N) is 1. The molecule has 1 rings (SSSR count). The van der Waals surface area contributed by atoms with Gasteiger partial charge in [0.15, 0.2) is 6.10 Å². The maximum Gasteiger partial charge on any atom is 0.254 e. The number of primary amides is 1. The first-order chi connectivity index (χ1) is 9.99. The number of rotatable bonds is 7. The van der Waals surface area contributed by atoms with E-state index in [0.29, 0.717) is 5.56 Å². The van der Waals surface area contributed by atoms with E-state index in [1.165, 1.54) is 7.11 Å². The topological polar surface area (TPSA) is 105 Å². The summed E-state index contributed by atoms with van der Waals surface area (Å²) in [5, 5.41) is 11.3. The fourth-order valence-electron chi connectivity index (χ4n) is 1.92. The Labute approximate surface area is 123 Å². The number of benzene rings is 1. The summed E-state index contributed by atoms with van der Waals surface area (Å²) in [5.74, 6) is -1.52. The lowest BCUT2D eigenvalue weighted by molar-refractivity contribution is -0.135. The Kier molecular flexibility index (Phi) is 6.37. The number of nitriles is 1. The van der Waals surface area contributed by atoms with Gasteiger partial charge in [-0.2, -0.15) is 5.26 Å². The zero-order chi connectivity index (χ0) is 15.8. The molecule has 0 aromatic heterocycles. The van der Waals surface area contributed by atoms with Crippen molar-refractivity contribution >= 4 is 11.8 Å². The molecule has 0 aliphatic carbocycles. The molecule has 2 amide bonds. The first kappa shape index (κ1) is 16.7. The molecule has 0 saturated carbocycles. The lowest BCUT2D eigenvalue weighted by Crippen LogP contribution is -2.47. The molecule has 0 radical (unpaired) electrons. The molecule has 3 N–H and O–H groups in total. The molecule has 0 heterocycles. The number of nitrogens with two attached hydrogens (primary N) is 1. The number of ether oxygens (including phenoxy) is 1. The highest BCUT2D eigenvalue weighted by Crippen LogP contribution is 2.17. The van der Waals surface area contributed by atoms with E-state index >= 15 is 0 Å². The second kappa shape index (κ2) is 8.02. The van der Waals surface area contributed by atoms with Crippen LogP contribution in [-0.4, -0.2) is 25.0 Å². The Morgan fingerprint density at radius 2 is 2.00 bits per heavy atom. The SMILES string of the molecule is CO[C@@H](C(=O)N[C@@H](C[C@@H](C)C#N)C(N)=O)c1ccccc1. The molecule has 0 aliphatic rings. The Hall–Kier alpha value is -2.39. The third-order valence-electron chi connectivity index (χ3n) is 3.05. The molecule has 0 spiro atoms. The van der Waals surface area contributed by atoms with Gasteiger partial charge in [-0.3, -0.25) is 9.59 Å². The maximum atomic E-state index is 12.2. The highest BCUT2D eigenvalue weighted by Gasteiger charge is 2.26. The number of carbonyl (C=O) groups is 2. The zero-order valence-electron chi connectivity index (χ0n) is 12.1. The van der Waals surface area contributed by atoms with Crippen LogP contribution in [0.5, 0.6) is 0 Å². The maximum absolute atomic E-state index is 12.2. The number of hydrogen-bond donors (Lipinski definition) is 2. The van der Waals surface area contributed by atoms with Crippen molar-refractivity contribution in [3.05, 3.63) is 35.9 Å². The molecule has 0 aliphatic heterocycles. The van der Waals surface area contributed by atoms with Gasteiger partial charge >= 0.3 is 0 Å². The van der Waals surface area contributed by atoms with E-state index in [-0.39, 0.29) is 12.3 Å². The minimum atomic E-state index is -0.895. The van der Waals surface area contributed by atoms with E-state index in [1.807, 2.05) is 12.1 Å². The highest BCUT2D eigenvalue weighted by molar-refractivity contribution is 5.89. The van der Waals surface area contributed by atoms with E-state index in [0.717, 1.165) is 0 Å². The van der Waals surface area contributed by atoms with Gasteiger partial charge in [0.1, 0.15) is 6.04 Å². The van der Waals surface area contributed by atoms with Crippen LogP contribution in [0.15, 0.2) is 30.3 Å². The summed E-state index contributed by atoms with van der Waals surface area (Å²) in [6.07, 6.45) is -0.659. The summed E-state index contributed by atoms with van der Waals surface area (Å²) < 4.78 is 5.18. The Bertz CT molecular complexity index is 525. The fourth-order valence-corrected chi connectivity index (χ4v) is 1.92. The van der Waals surface area contributed by atoms with Gasteiger partial charge in [-0.1, -0.05) is 30.3 Å². The van der Waals surface area contributed by atoms with Gasteiger partial charge in [0, 0.05) is 13.0 Å². The molecule has 0 bridgehead atoms. The molecule has 0 fully saturated rings. The molecule has 112 valence electrons. The normalized spacial score (nSPS) is 14.5. The van der Waals surface area contributed by atoms with E-state index in [2.05, 4.69) is 5.32 Å². The van der Waals surface area contributed by atoms with Crippen LogP contribution in [0.4, 0.5) is 0 Å². The third kappa shape index (κ3) is 4.89. The highest BCUT2D eigenvalue weighted by atomic mass is 16.5. The van der Waals surface area contributed by atoms with Crippen molar-refractivity contribution < 1.29 is 14.3 Å². The first-order valence-corrected chi connectivity index (χ1v) is 6.56. The smallest absolute Gasteiger partial charge is 0.254 e. The second-order valence-electron chi connectivity index (χ2n) is 4.76. The van der Waals surface area contributed by atoms with Crippen LogP contribution >= 0.6 is 0 Å². The monoisotopic (exact) mass is 289 g/mol. The van der Waals surface area contributed by atoms with Crippen molar-refractivity contribution in [3.8, 4) is 6.07 Å². The van der Waals surface area contributed by atoms with Crippen molar-refractivity contribution in [1.29, 1.82) is 5.26 Å². The van der Waals surface area contributed by atoms with E-state index < -0.39 is 24.0 Å². The molecular weight excluding hydrogens is 270 g/mol. The van der Waals surface area contributed by atoms with Crippen LogP contribution < -0.4 is 11.1 Å². The Morgan fingerprint density at radius 1 is 1.38 bits per heavy atom. The average Bonchev–Trinajstić information content (AvgIpc) is 2.48. The predicted octanol–water partition coefficient (Wildman–Crippen LogP) is 0.894. The van der Waals surface area contributed by atoms with Crippen molar-refractivity contribution in [2.24, 2.45) is 11.7 Å². The van der Waals surface area contributed by atoms with E-state index in [1.54, 1.807) is 31.2 Å². The molecule has 1 aromatic carbocycles. The number of methoxy groups -OCH3 is 1. The number of amides is 2. The third-order valence-corrected chi connectivity index (χ3v) is 3.05. The van der Waals surface area contributed by atoms with Crippen LogP contribution in [0.1, 0.15) is 25.0 Å². The summed E-state index contributed by atoms with van der Waals surface area (Å²) in [6.45, 7) is 1.66. The number of hydrogen-bond acceptors (Lipinski definition) is 4. The van der Waals surface area contributed by atoms with Crippen LogP contribution in [0.25, 0.3) is 0 Å². The van der Waals surface area contributed by atoms with Gasteiger partial charge in [-0.05, 0) is 18.9 Å². The minimum absolute atomic E-state index is 0.169. The summed E-state index contributed by atoms with van der Waals surface area (Å²) >= 11 is 0. The lowest BCUT2D eigenvalue weighted by atomic mass is 10.0. The molecule has 1 aromatic rings. The molecule has 0 saturated heterocycles. The van der Waals surface area contributed by atoms with E-state index in [4.69, 9.17) is 15.7 Å². The van der Waals surface area contributed by atoms with Gasteiger partial charge in [-0.15, -0.1) is 0 Å². The van der Waals surface area contributed by atoms with Crippen LogP contribution in [0.2, 0.25) is 0 Å². The molecular formula is C15H19N3O3. The van der Waals surface area contributed by atoms with Gasteiger partial charge in [0.25, 0.3) is 5.91 Å². The number of carbonyl (C=O) groups excluding carboxylic acids is 2. The van der Waals surface area contributed by atoms with Gasteiger partial charge in [0.2, 0.25) is 5.91 Å². The summed E-state index contributed by atoms with van der Waals surface area (Å²) in [4.78, 5) is 23.6. The van der Waals surface area contributed by atoms with Crippen LogP contribution in [-0.2, 0) is 14.3 Å². The molecule has 6 heteroatoms. The minimum Gasteiger partial charge on any atom is -0.368 e. The zero-order valence-corrected chi connectivity index (χ0v) is 12.1. The standard InChI is InChI=1S/C15H19N3O3/c1-10(9-16)8-12(14(17)19)18-15(20)13(21-2)11-6-4-3-5-7-11/h3-7,10,12-13H,8H2,1-2H3,(H2,17,19)(H,18,20)/t10-,12+,13-/m1/s1. The first-order valence-electron chi connectivity index (χ1n) is 6.56. The Morgan fingerprint density at radius 3 is 2.48 bits per heavy atom. The molecule has 3 atom stereocenters. The molecule has 0 unspecified atom stereocenters. The van der Waals surface area contributed by atoms with E-state index in [9.17, 15) is 9.59 Å². The van der Waals surface area contributed by atoms with Crippen molar-refractivity contribution in [1.82, 2.24) is 5.32 Å². The fraction of sp³-hybridized carbons (Fsp3) is 0.400. The van der Waals surface area contributed by atoms with Crippen LogP contribution in [0, 0.1) is 17.2 Å².